The van der Waals surface area contributed by atoms with Crippen molar-refractivity contribution in [2.75, 3.05) is 6.61 Å². The molecule has 0 aliphatic rings. The molecule has 6 heteroatoms. The third-order valence-electron chi connectivity index (χ3n) is 2.83. The summed E-state index contributed by atoms with van der Waals surface area (Å²) in [6, 6.07) is 17.1. The average Bonchev–Trinajstić information content (AvgIpc) is 2.60. The summed E-state index contributed by atoms with van der Waals surface area (Å²) in [6.45, 7) is -0.212. The van der Waals surface area contributed by atoms with Gasteiger partial charge in [0.1, 0.15) is 29.2 Å². The molecule has 2 aromatic rings. The van der Waals surface area contributed by atoms with E-state index >= 15 is 0 Å². The Morgan fingerprint density at radius 2 is 1.58 bits per heavy atom. The molecule has 0 spiro atoms. The normalized spacial score (nSPS) is 9.29. The summed E-state index contributed by atoms with van der Waals surface area (Å²) < 4.78 is 11.4. The van der Waals surface area contributed by atoms with E-state index in [0.717, 1.165) is 4.47 Å². The molecular formula is C18H11BrN2O3. The summed E-state index contributed by atoms with van der Waals surface area (Å²) in [5, 5.41) is 17.4. The Labute approximate surface area is 147 Å². The number of ether oxygens (including phenoxy) is 2. The van der Waals surface area contributed by atoms with Gasteiger partial charge in [0.05, 0.1) is 0 Å². The molecule has 24 heavy (non-hydrogen) atoms. The fourth-order valence-electron chi connectivity index (χ4n) is 1.72. The van der Waals surface area contributed by atoms with E-state index in [1.165, 1.54) is 6.08 Å². The molecule has 5 nitrogen and oxygen atoms in total. The van der Waals surface area contributed by atoms with Crippen LogP contribution in [0.25, 0.3) is 6.08 Å². The van der Waals surface area contributed by atoms with Gasteiger partial charge in [0, 0.05) is 4.47 Å². The van der Waals surface area contributed by atoms with Crippen molar-refractivity contribution >= 4 is 28.0 Å². The van der Waals surface area contributed by atoms with E-state index in [9.17, 15) is 4.79 Å². The zero-order valence-corrected chi connectivity index (χ0v) is 14.0. The van der Waals surface area contributed by atoms with Crippen molar-refractivity contribution in [3.63, 3.8) is 0 Å². The van der Waals surface area contributed by atoms with Gasteiger partial charge in [-0.15, -0.1) is 0 Å². The minimum absolute atomic E-state index is 0.00245. The molecule has 0 saturated carbocycles. The van der Waals surface area contributed by atoms with Gasteiger partial charge in [0.15, 0.2) is 6.61 Å². The van der Waals surface area contributed by atoms with Crippen LogP contribution in [0.2, 0.25) is 0 Å². The van der Waals surface area contributed by atoms with E-state index in [2.05, 4.69) is 15.9 Å². The zero-order valence-electron chi connectivity index (χ0n) is 12.4. The van der Waals surface area contributed by atoms with Gasteiger partial charge >= 0.3 is 5.97 Å². The van der Waals surface area contributed by atoms with Crippen molar-refractivity contribution in [1.82, 2.24) is 0 Å². The second-order valence-corrected chi connectivity index (χ2v) is 5.48. The molecule has 0 aromatic heterocycles. The summed E-state index contributed by atoms with van der Waals surface area (Å²) >= 11 is 3.31. The lowest BCUT2D eigenvalue weighted by atomic mass is 10.1. The molecule has 0 aliphatic heterocycles. The number of hydrogen-bond donors (Lipinski definition) is 0. The van der Waals surface area contributed by atoms with Gasteiger partial charge in [-0.1, -0.05) is 28.1 Å². The fourth-order valence-corrected chi connectivity index (χ4v) is 1.99. The lowest BCUT2D eigenvalue weighted by Crippen LogP contribution is -2.17. The van der Waals surface area contributed by atoms with Crippen LogP contribution in [0.5, 0.6) is 11.5 Å². The van der Waals surface area contributed by atoms with Crippen molar-refractivity contribution in [1.29, 1.82) is 10.5 Å². The number of nitriles is 2. The van der Waals surface area contributed by atoms with Crippen LogP contribution in [0.15, 0.2) is 58.6 Å². The molecule has 0 unspecified atom stereocenters. The van der Waals surface area contributed by atoms with Gasteiger partial charge in [0.2, 0.25) is 0 Å². The van der Waals surface area contributed by atoms with E-state index in [1.54, 1.807) is 48.5 Å². The van der Waals surface area contributed by atoms with Gasteiger partial charge in [-0.25, -0.2) is 4.79 Å². The first-order valence-corrected chi connectivity index (χ1v) is 7.61. The predicted octanol–water partition coefficient (Wildman–Crippen LogP) is 3.86. The number of carbonyl (C=O) groups excluding carboxylic acids is 1. The molecule has 0 saturated heterocycles. The Bertz CT molecular complexity index is 813. The molecule has 0 fully saturated rings. The highest BCUT2D eigenvalue weighted by Crippen LogP contribution is 2.17. The van der Waals surface area contributed by atoms with Crippen LogP contribution in [-0.2, 0) is 4.79 Å². The Kier molecular flexibility index (Phi) is 6.13. The molecule has 0 bridgehead atoms. The van der Waals surface area contributed by atoms with Gasteiger partial charge < -0.3 is 9.47 Å². The maximum Gasteiger partial charge on any atom is 0.349 e. The van der Waals surface area contributed by atoms with Crippen LogP contribution < -0.4 is 9.47 Å². The van der Waals surface area contributed by atoms with Gasteiger partial charge in [-0.05, 0) is 48.0 Å². The summed E-state index contributed by atoms with van der Waals surface area (Å²) in [7, 11) is 0. The minimum Gasteiger partial charge on any atom is -0.482 e. The summed E-state index contributed by atoms with van der Waals surface area (Å²) in [5.74, 6) is 0.388. The number of halogens is 1. The first-order valence-electron chi connectivity index (χ1n) is 6.82. The SMILES string of the molecule is N#CC(C#N)=Cc1ccc(OC(=O)COc2ccc(Br)cc2)cc1. The number of allylic oxidation sites excluding steroid dienone is 1. The first kappa shape index (κ1) is 17.3. The van der Waals surface area contributed by atoms with Crippen LogP contribution in [0.1, 0.15) is 5.56 Å². The second-order valence-electron chi connectivity index (χ2n) is 4.57. The number of rotatable bonds is 5. The third-order valence-corrected chi connectivity index (χ3v) is 3.36. The maximum atomic E-state index is 11.8. The number of benzene rings is 2. The van der Waals surface area contributed by atoms with Crippen molar-refractivity contribution in [2.24, 2.45) is 0 Å². The Balaban J connectivity index is 1.90. The number of carbonyl (C=O) groups is 1. The highest BCUT2D eigenvalue weighted by Gasteiger charge is 2.06. The minimum atomic E-state index is -0.532. The number of esters is 1. The molecule has 2 rings (SSSR count). The summed E-state index contributed by atoms with van der Waals surface area (Å²) in [4.78, 5) is 11.8. The van der Waals surface area contributed by atoms with Crippen molar-refractivity contribution in [2.45, 2.75) is 0 Å². The smallest absolute Gasteiger partial charge is 0.349 e. The second kappa shape index (κ2) is 8.52. The van der Waals surface area contributed by atoms with Crippen molar-refractivity contribution in [3.8, 4) is 23.6 Å². The van der Waals surface area contributed by atoms with E-state index < -0.39 is 5.97 Å². The van der Waals surface area contributed by atoms with Crippen LogP contribution in [-0.4, -0.2) is 12.6 Å². The Hall–Kier alpha value is -3.09. The molecule has 0 aliphatic carbocycles. The van der Waals surface area contributed by atoms with Crippen LogP contribution in [0.3, 0.4) is 0 Å². The van der Waals surface area contributed by atoms with Crippen molar-refractivity contribution < 1.29 is 14.3 Å². The first-order chi connectivity index (χ1) is 11.6. The molecular weight excluding hydrogens is 372 g/mol. The molecule has 0 amide bonds. The maximum absolute atomic E-state index is 11.8. The lowest BCUT2D eigenvalue weighted by molar-refractivity contribution is -0.136. The Morgan fingerprint density at radius 1 is 1.00 bits per heavy atom. The van der Waals surface area contributed by atoms with Crippen LogP contribution in [0.4, 0.5) is 0 Å². The van der Waals surface area contributed by atoms with Crippen LogP contribution >= 0.6 is 15.9 Å². The molecule has 0 heterocycles. The topological polar surface area (TPSA) is 83.1 Å². The quantitative estimate of drug-likeness (QED) is 0.445. The molecule has 0 radical (unpaired) electrons. The highest BCUT2D eigenvalue weighted by atomic mass is 79.9. The fraction of sp³-hybridized carbons (Fsp3) is 0.0556. The number of hydrogen-bond acceptors (Lipinski definition) is 5. The highest BCUT2D eigenvalue weighted by molar-refractivity contribution is 9.10. The summed E-state index contributed by atoms with van der Waals surface area (Å²) in [5.41, 5.74) is 0.668. The lowest BCUT2D eigenvalue weighted by Gasteiger charge is -2.07. The standard InChI is InChI=1S/C18H11BrN2O3/c19-15-3-7-16(8-4-15)23-12-18(22)24-17-5-1-13(2-6-17)9-14(10-20)11-21/h1-9H,12H2. The van der Waals surface area contributed by atoms with E-state index in [4.69, 9.17) is 20.0 Å². The molecule has 0 atom stereocenters. The van der Waals surface area contributed by atoms with Gasteiger partial charge in [-0.3, -0.25) is 0 Å². The van der Waals surface area contributed by atoms with E-state index in [1.807, 2.05) is 12.1 Å². The van der Waals surface area contributed by atoms with E-state index in [0.29, 0.717) is 17.1 Å². The van der Waals surface area contributed by atoms with Crippen molar-refractivity contribution in [3.05, 3.63) is 64.1 Å². The monoisotopic (exact) mass is 382 g/mol. The zero-order chi connectivity index (χ0) is 17.4. The van der Waals surface area contributed by atoms with Crippen LogP contribution in [0, 0.1) is 22.7 Å². The number of nitrogens with zero attached hydrogens (tertiary/aromatic N) is 2. The van der Waals surface area contributed by atoms with E-state index in [-0.39, 0.29) is 12.2 Å². The average molecular weight is 383 g/mol. The molecule has 2 aromatic carbocycles. The predicted molar refractivity (Wildman–Crippen MR) is 90.9 cm³/mol. The third kappa shape index (κ3) is 5.28. The molecule has 0 N–H and O–H groups in total. The van der Waals surface area contributed by atoms with Gasteiger partial charge in [0.25, 0.3) is 0 Å². The molecule has 118 valence electrons. The largest absolute Gasteiger partial charge is 0.482 e. The van der Waals surface area contributed by atoms with Gasteiger partial charge in [-0.2, -0.15) is 10.5 Å². The summed E-state index contributed by atoms with van der Waals surface area (Å²) in [6.07, 6.45) is 1.45. The Morgan fingerprint density at radius 3 is 2.17 bits per heavy atom.